The molecule has 0 aromatic heterocycles. The van der Waals surface area contributed by atoms with E-state index < -0.39 is 23.7 Å². The number of hydrogen-bond acceptors (Lipinski definition) is 5. The zero-order chi connectivity index (χ0) is 21.9. The Labute approximate surface area is 177 Å². The minimum atomic E-state index is -0.647. The maximum Gasteiger partial charge on any atom is 0.414 e. The monoisotopic (exact) mass is 414 g/mol. The number of ether oxygens (including phenoxy) is 2. The largest absolute Gasteiger partial charge is 0.467 e. The molecule has 1 fully saturated rings. The molecule has 1 aliphatic heterocycles. The predicted octanol–water partition coefficient (Wildman–Crippen LogP) is 3.64. The van der Waals surface area contributed by atoms with Crippen LogP contribution in [-0.2, 0) is 25.6 Å². The number of carbonyl (C=O) groups excluding carboxylic acids is 3. The van der Waals surface area contributed by atoms with Gasteiger partial charge in [-0.1, -0.05) is 30.3 Å². The molecule has 0 bridgehead atoms. The smallest absolute Gasteiger partial charge is 0.414 e. The number of carbonyl (C=O) groups is 3. The van der Waals surface area contributed by atoms with Gasteiger partial charge in [0.15, 0.2) is 0 Å². The Morgan fingerprint density at radius 1 is 1.13 bits per heavy atom. The van der Waals surface area contributed by atoms with Crippen molar-refractivity contribution in [3.63, 3.8) is 0 Å². The van der Waals surface area contributed by atoms with Gasteiger partial charge in [-0.15, -0.1) is 0 Å². The fourth-order valence-corrected chi connectivity index (χ4v) is 3.81. The minimum Gasteiger partial charge on any atom is -0.467 e. The molecule has 1 aliphatic carbocycles. The summed E-state index contributed by atoms with van der Waals surface area (Å²) in [4.78, 5) is 41.4. The van der Waals surface area contributed by atoms with E-state index in [1.165, 1.54) is 7.11 Å². The number of rotatable bonds is 5. The van der Waals surface area contributed by atoms with Gasteiger partial charge in [-0.05, 0) is 52.0 Å². The van der Waals surface area contributed by atoms with Gasteiger partial charge in [-0.25, -0.2) is 9.59 Å². The standard InChI is InChI=1S/C23H30N2O5/c1-23(2,3)30-22(28)25(15-16-9-6-5-7-10-16)18-13-12-17(18)20(26)24-14-8-11-19(24)21(27)29-4/h5-7,9-10,19H,8,11-15H2,1-4H3/t19-/m0/s1. The lowest BCUT2D eigenvalue weighted by Gasteiger charge is -2.36. The molecule has 2 amide bonds. The lowest BCUT2D eigenvalue weighted by molar-refractivity contribution is -0.150. The molecule has 30 heavy (non-hydrogen) atoms. The summed E-state index contributed by atoms with van der Waals surface area (Å²) in [7, 11) is 1.33. The fourth-order valence-electron chi connectivity index (χ4n) is 3.81. The van der Waals surface area contributed by atoms with Gasteiger partial charge in [0.25, 0.3) is 5.91 Å². The number of allylic oxidation sites excluding steroid dienone is 1. The maximum absolute atomic E-state index is 13.2. The van der Waals surface area contributed by atoms with Crippen molar-refractivity contribution in [2.45, 2.75) is 64.6 Å². The Hall–Kier alpha value is -2.83. The predicted molar refractivity (Wildman–Crippen MR) is 111 cm³/mol. The first kappa shape index (κ1) is 21.9. The normalized spacial score (nSPS) is 18.7. The molecule has 2 aliphatic rings. The third-order valence-corrected chi connectivity index (χ3v) is 5.33. The summed E-state index contributed by atoms with van der Waals surface area (Å²) in [5, 5.41) is 0. The van der Waals surface area contributed by atoms with Crippen molar-refractivity contribution in [3.05, 3.63) is 47.2 Å². The van der Waals surface area contributed by atoms with E-state index in [2.05, 4.69) is 0 Å². The first-order chi connectivity index (χ1) is 14.2. The van der Waals surface area contributed by atoms with Crippen LogP contribution < -0.4 is 0 Å². The highest BCUT2D eigenvalue weighted by Gasteiger charge is 2.40. The molecular weight excluding hydrogens is 384 g/mol. The van der Waals surface area contributed by atoms with E-state index >= 15 is 0 Å². The second-order valence-electron chi connectivity index (χ2n) is 8.66. The maximum atomic E-state index is 13.2. The highest BCUT2D eigenvalue weighted by Crippen LogP contribution is 2.36. The van der Waals surface area contributed by atoms with Crippen molar-refractivity contribution in [1.82, 2.24) is 9.80 Å². The van der Waals surface area contributed by atoms with Crippen LogP contribution in [0.5, 0.6) is 0 Å². The van der Waals surface area contributed by atoms with Crippen molar-refractivity contribution >= 4 is 18.0 Å². The van der Waals surface area contributed by atoms with Gasteiger partial charge in [-0.2, -0.15) is 0 Å². The highest BCUT2D eigenvalue weighted by molar-refractivity contribution is 5.99. The molecule has 1 aromatic carbocycles. The summed E-state index contributed by atoms with van der Waals surface area (Å²) in [5.74, 6) is -0.582. The Morgan fingerprint density at radius 3 is 2.40 bits per heavy atom. The van der Waals surface area contributed by atoms with Gasteiger partial charge in [0, 0.05) is 17.8 Å². The number of methoxy groups -OCH3 is 1. The van der Waals surface area contributed by atoms with Gasteiger partial charge >= 0.3 is 12.1 Å². The van der Waals surface area contributed by atoms with E-state index in [4.69, 9.17) is 9.47 Å². The topological polar surface area (TPSA) is 76.2 Å². The van der Waals surface area contributed by atoms with Crippen LogP contribution in [0.1, 0.15) is 52.0 Å². The zero-order valence-corrected chi connectivity index (χ0v) is 18.1. The van der Waals surface area contributed by atoms with E-state index in [0.717, 1.165) is 12.0 Å². The summed E-state index contributed by atoms with van der Waals surface area (Å²) in [6, 6.07) is 9.06. The van der Waals surface area contributed by atoms with Gasteiger partial charge in [0.05, 0.1) is 13.7 Å². The van der Waals surface area contributed by atoms with Crippen LogP contribution in [0, 0.1) is 0 Å². The lowest BCUT2D eigenvalue weighted by atomic mass is 9.91. The average Bonchev–Trinajstić information content (AvgIpc) is 3.15. The van der Waals surface area contributed by atoms with Crippen LogP contribution in [0.4, 0.5) is 4.79 Å². The van der Waals surface area contributed by atoms with Crippen LogP contribution in [0.3, 0.4) is 0 Å². The summed E-state index contributed by atoms with van der Waals surface area (Å²) in [5.41, 5.74) is 1.55. The van der Waals surface area contributed by atoms with Gasteiger partial charge in [0.1, 0.15) is 11.6 Å². The average molecular weight is 415 g/mol. The molecule has 0 N–H and O–H groups in total. The minimum absolute atomic E-state index is 0.189. The first-order valence-electron chi connectivity index (χ1n) is 10.4. The summed E-state index contributed by atoms with van der Waals surface area (Å²) in [6.45, 7) is 6.29. The van der Waals surface area contributed by atoms with Gasteiger partial charge in [-0.3, -0.25) is 9.69 Å². The van der Waals surface area contributed by atoms with Gasteiger partial charge in [0.2, 0.25) is 0 Å². The van der Waals surface area contributed by atoms with E-state index in [9.17, 15) is 14.4 Å². The van der Waals surface area contributed by atoms with Crippen molar-refractivity contribution in [3.8, 4) is 0 Å². The number of likely N-dealkylation sites (tertiary alicyclic amines) is 1. The summed E-state index contributed by atoms with van der Waals surface area (Å²) in [6.07, 6.45) is 2.07. The Balaban J connectivity index is 1.88. The van der Waals surface area contributed by atoms with Gasteiger partial charge < -0.3 is 14.4 Å². The van der Waals surface area contributed by atoms with Crippen LogP contribution in [0.15, 0.2) is 41.6 Å². The third-order valence-electron chi connectivity index (χ3n) is 5.33. The molecule has 0 saturated carbocycles. The Kier molecular flexibility index (Phi) is 6.48. The third kappa shape index (κ3) is 4.83. The van der Waals surface area contributed by atoms with Crippen molar-refractivity contribution in [2.75, 3.05) is 13.7 Å². The Morgan fingerprint density at radius 2 is 1.83 bits per heavy atom. The van der Waals surface area contributed by atoms with Crippen LogP contribution in [0.2, 0.25) is 0 Å². The fraction of sp³-hybridized carbons (Fsp3) is 0.522. The van der Waals surface area contributed by atoms with Crippen molar-refractivity contribution < 1.29 is 23.9 Å². The molecule has 0 spiro atoms. The number of hydrogen-bond donors (Lipinski definition) is 0. The second kappa shape index (κ2) is 8.90. The number of nitrogens with zero attached hydrogens (tertiary/aromatic N) is 2. The molecule has 0 radical (unpaired) electrons. The molecular formula is C23H30N2O5. The quantitative estimate of drug-likeness (QED) is 0.688. The molecule has 0 unspecified atom stereocenters. The second-order valence-corrected chi connectivity index (χ2v) is 8.66. The zero-order valence-electron chi connectivity index (χ0n) is 18.1. The van der Waals surface area contributed by atoms with E-state index in [1.807, 2.05) is 51.1 Å². The molecule has 1 saturated heterocycles. The summed E-state index contributed by atoms with van der Waals surface area (Å²) >= 11 is 0. The number of esters is 1. The SMILES string of the molecule is COC(=O)[C@@H]1CCCN1C(=O)C1=C(N(Cc2ccccc2)C(=O)OC(C)(C)C)CC1. The highest BCUT2D eigenvalue weighted by atomic mass is 16.6. The number of amides is 2. The molecule has 7 heteroatoms. The van der Waals surface area contributed by atoms with E-state index in [0.29, 0.717) is 43.6 Å². The van der Waals surface area contributed by atoms with E-state index in [-0.39, 0.29) is 5.91 Å². The lowest BCUT2D eigenvalue weighted by Crippen LogP contribution is -2.45. The summed E-state index contributed by atoms with van der Waals surface area (Å²) < 4.78 is 10.5. The van der Waals surface area contributed by atoms with Crippen LogP contribution in [0.25, 0.3) is 0 Å². The molecule has 162 valence electrons. The molecule has 1 atom stereocenters. The molecule has 1 heterocycles. The van der Waals surface area contributed by atoms with E-state index in [1.54, 1.807) is 9.80 Å². The molecule has 1 aromatic rings. The molecule has 3 rings (SSSR count). The molecule has 7 nitrogen and oxygen atoms in total. The first-order valence-corrected chi connectivity index (χ1v) is 10.4. The van der Waals surface area contributed by atoms with Crippen molar-refractivity contribution in [2.24, 2.45) is 0 Å². The van der Waals surface area contributed by atoms with Crippen molar-refractivity contribution in [1.29, 1.82) is 0 Å². The van der Waals surface area contributed by atoms with Crippen LogP contribution >= 0.6 is 0 Å². The number of benzene rings is 1. The Bertz CT molecular complexity index is 841. The van der Waals surface area contributed by atoms with Crippen LogP contribution in [-0.4, -0.2) is 53.1 Å².